The van der Waals surface area contributed by atoms with Crippen molar-refractivity contribution in [1.82, 2.24) is 9.36 Å². The van der Waals surface area contributed by atoms with E-state index in [-0.39, 0.29) is 5.41 Å². The zero-order valence-electron chi connectivity index (χ0n) is 11.2. The lowest BCUT2D eigenvalue weighted by Crippen LogP contribution is -2.23. The molecule has 0 saturated heterocycles. The highest BCUT2D eigenvalue weighted by Gasteiger charge is 2.20. The molecule has 0 aromatic carbocycles. The minimum Gasteiger partial charge on any atom is -0.350 e. The zero-order valence-corrected chi connectivity index (χ0v) is 12.1. The van der Waals surface area contributed by atoms with Crippen molar-refractivity contribution in [3.05, 3.63) is 5.82 Å². The van der Waals surface area contributed by atoms with Crippen molar-refractivity contribution in [3.8, 4) is 0 Å². The van der Waals surface area contributed by atoms with Crippen molar-refractivity contribution >= 4 is 16.7 Å². The van der Waals surface area contributed by atoms with E-state index in [1.54, 1.807) is 0 Å². The third-order valence-electron chi connectivity index (χ3n) is 2.70. The van der Waals surface area contributed by atoms with Crippen molar-refractivity contribution in [3.63, 3.8) is 0 Å². The second kappa shape index (κ2) is 5.13. The summed E-state index contributed by atoms with van der Waals surface area (Å²) in [6.45, 7) is 12.0. The predicted molar refractivity (Wildman–Crippen MR) is 71.3 cm³/mol. The molecular formula is C12H23N3S. The van der Waals surface area contributed by atoms with E-state index in [0.717, 1.165) is 17.5 Å². The van der Waals surface area contributed by atoms with Crippen LogP contribution in [-0.2, 0) is 5.41 Å². The first-order chi connectivity index (χ1) is 7.34. The number of nitrogens with zero attached hydrogens (tertiary/aromatic N) is 3. The van der Waals surface area contributed by atoms with Gasteiger partial charge in [0.05, 0.1) is 0 Å². The molecule has 92 valence electrons. The Labute approximate surface area is 103 Å². The van der Waals surface area contributed by atoms with Crippen molar-refractivity contribution in [2.45, 2.75) is 46.5 Å². The molecule has 0 aliphatic rings. The Morgan fingerprint density at radius 2 is 2.00 bits per heavy atom. The molecule has 0 aliphatic heterocycles. The van der Waals surface area contributed by atoms with Crippen molar-refractivity contribution < 1.29 is 0 Å². The molecule has 0 fully saturated rings. The van der Waals surface area contributed by atoms with Gasteiger partial charge in [0.2, 0.25) is 5.13 Å². The molecule has 1 rings (SSSR count). The van der Waals surface area contributed by atoms with Crippen molar-refractivity contribution in [1.29, 1.82) is 0 Å². The topological polar surface area (TPSA) is 29.0 Å². The van der Waals surface area contributed by atoms with Gasteiger partial charge in [-0.15, -0.1) is 0 Å². The molecule has 4 heteroatoms. The maximum absolute atomic E-state index is 4.60. The molecular weight excluding hydrogens is 218 g/mol. The van der Waals surface area contributed by atoms with Gasteiger partial charge in [-0.3, -0.25) is 0 Å². The molecule has 1 unspecified atom stereocenters. The molecule has 1 atom stereocenters. The van der Waals surface area contributed by atoms with Crippen LogP contribution in [0.25, 0.3) is 0 Å². The third kappa shape index (κ3) is 3.44. The number of hydrogen-bond donors (Lipinski definition) is 0. The van der Waals surface area contributed by atoms with E-state index >= 15 is 0 Å². The monoisotopic (exact) mass is 241 g/mol. The fourth-order valence-corrected chi connectivity index (χ4v) is 2.17. The van der Waals surface area contributed by atoms with E-state index < -0.39 is 0 Å². The lowest BCUT2D eigenvalue weighted by atomic mass is 9.96. The lowest BCUT2D eigenvalue weighted by molar-refractivity contribution is 0.546. The van der Waals surface area contributed by atoms with Gasteiger partial charge in [0.15, 0.2) is 0 Å². The quantitative estimate of drug-likeness (QED) is 0.809. The van der Waals surface area contributed by atoms with Crippen molar-refractivity contribution in [2.75, 3.05) is 18.5 Å². The van der Waals surface area contributed by atoms with Gasteiger partial charge in [-0.1, -0.05) is 41.0 Å². The molecule has 3 nitrogen and oxygen atoms in total. The zero-order chi connectivity index (χ0) is 12.3. The average molecular weight is 241 g/mol. The highest BCUT2D eigenvalue weighted by molar-refractivity contribution is 7.09. The van der Waals surface area contributed by atoms with Crippen LogP contribution >= 0.6 is 11.5 Å². The summed E-state index contributed by atoms with van der Waals surface area (Å²) >= 11 is 1.50. The Hall–Kier alpha value is -0.640. The van der Waals surface area contributed by atoms with Gasteiger partial charge in [-0.05, 0) is 5.92 Å². The molecule has 0 spiro atoms. The molecule has 0 N–H and O–H groups in total. The summed E-state index contributed by atoms with van der Waals surface area (Å²) in [6, 6.07) is 0. The Morgan fingerprint density at radius 3 is 2.44 bits per heavy atom. The number of rotatable bonds is 4. The second-order valence-corrected chi connectivity index (χ2v) is 6.27. The van der Waals surface area contributed by atoms with Crippen LogP contribution in [0.3, 0.4) is 0 Å². The fourth-order valence-electron chi connectivity index (χ4n) is 1.35. The fraction of sp³-hybridized carbons (Fsp3) is 0.833. The van der Waals surface area contributed by atoms with Crippen LogP contribution in [-0.4, -0.2) is 22.9 Å². The van der Waals surface area contributed by atoms with E-state index in [0.29, 0.717) is 5.92 Å². The van der Waals surface area contributed by atoms with E-state index in [4.69, 9.17) is 0 Å². The summed E-state index contributed by atoms with van der Waals surface area (Å²) in [5, 5.41) is 1.03. The van der Waals surface area contributed by atoms with E-state index in [9.17, 15) is 0 Å². The molecule has 0 saturated carbocycles. The normalized spacial score (nSPS) is 13.9. The highest BCUT2D eigenvalue weighted by Crippen LogP contribution is 2.25. The van der Waals surface area contributed by atoms with Gasteiger partial charge in [-0.2, -0.15) is 4.37 Å². The maximum atomic E-state index is 4.60. The molecule has 1 aromatic heterocycles. The summed E-state index contributed by atoms with van der Waals surface area (Å²) in [6.07, 6.45) is 1.20. The van der Waals surface area contributed by atoms with Crippen LogP contribution in [0.5, 0.6) is 0 Å². The van der Waals surface area contributed by atoms with Gasteiger partial charge in [0.25, 0.3) is 0 Å². The Kier molecular flexibility index (Phi) is 4.30. The number of anilines is 1. The molecule has 0 aliphatic carbocycles. The average Bonchev–Trinajstić information content (AvgIpc) is 2.65. The van der Waals surface area contributed by atoms with Crippen LogP contribution in [0.15, 0.2) is 0 Å². The largest absolute Gasteiger partial charge is 0.350 e. The van der Waals surface area contributed by atoms with E-state index in [2.05, 4.69) is 55.9 Å². The number of hydrogen-bond acceptors (Lipinski definition) is 4. The summed E-state index contributed by atoms with van der Waals surface area (Å²) in [4.78, 5) is 6.81. The first-order valence-corrected chi connectivity index (χ1v) is 6.67. The third-order valence-corrected chi connectivity index (χ3v) is 3.53. The second-order valence-electron chi connectivity index (χ2n) is 5.54. The Balaban J connectivity index is 2.71. The summed E-state index contributed by atoms with van der Waals surface area (Å²) in [5.74, 6) is 1.65. The standard InChI is InChI=1S/C12H23N3S/c1-7-9(2)8-15(6)11-13-10(14-16-11)12(3,4)5/h9H,7-8H2,1-6H3. The summed E-state index contributed by atoms with van der Waals surface area (Å²) in [7, 11) is 2.10. The van der Waals surface area contributed by atoms with Gasteiger partial charge < -0.3 is 4.90 Å². The van der Waals surface area contributed by atoms with Crippen LogP contribution in [0.4, 0.5) is 5.13 Å². The first kappa shape index (κ1) is 13.4. The van der Waals surface area contributed by atoms with Gasteiger partial charge >= 0.3 is 0 Å². The van der Waals surface area contributed by atoms with Gasteiger partial charge in [0, 0.05) is 30.5 Å². The highest BCUT2D eigenvalue weighted by atomic mass is 32.1. The van der Waals surface area contributed by atoms with Gasteiger partial charge in [-0.25, -0.2) is 4.98 Å². The molecule has 0 amide bonds. The van der Waals surface area contributed by atoms with Crippen LogP contribution in [0, 0.1) is 5.92 Å². The number of aromatic nitrogens is 2. The smallest absolute Gasteiger partial charge is 0.204 e. The van der Waals surface area contributed by atoms with Crippen molar-refractivity contribution in [2.24, 2.45) is 5.92 Å². The minimum absolute atomic E-state index is 0.0476. The lowest BCUT2D eigenvalue weighted by Gasteiger charge is -2.19. The molecule has 0 radical (unpaired) electrons. The van der Waals surface area contributed by atoms with E-state index in [1.807, 2.05) is 0 Å². The minimum atomic E-state index is 0.0476. The molecule has 1 heterocycles. The van der Waals surface area contributed by atoms with E-state index in [1.165, 1.54) is 18.0 Å². The first-order valence-electron chi connectivity index (χ1n) is 5.90. The van der Waals surface area contributed by atoms with Crippen LogP contribution < -0.4 is 4.90 Å². The maximum Gasteiger partial charge on any atom is 0.204 e. The summed E-state index contributed by atoms with van der Waals surface area (Å²) in [5.41, 5.74) is 0.0476. The summed E-state index contributed by atoms with van der Waals surface area (Å²) < 4.78 is 4.43. The molecule has 1 aromatic rings. The van der Waals surface area contributed by atoms with Crippen LogP contribution in [0.1, 0.15) is 46.9 Å². The Bertz CT molecular complexity index is 327. The SMILES string of the molecule is CCC(C)CN(C)c1nc(C(C)(C)C)ns1. The van der Waals surface area contributed by atoms with Gasteiger partial charge in [0.1, 0.15) is 5.82 Å². The Morgan fingerprint density at radius 1 is 1.38 bits per heavy atom. The molecule has 0 bridgehead atoms. The predicted octanol–water partition coefficient (Wildman–Crippen LogP) is 3.32. The van der Waals surface area contributed by atoms with Crippen LogP contribution in [0.2, 0.25) is 0 Å². The molecule has 16 heavy (non-hydrogen) atoms.